The van der Waals surface area contributed by atoms with Gasteiger partial charge in [0, 0.05) is 12.4 Å². The molecule has 0 aromatic carbocycles. The fraction of sp³-hybridized carbons (Fsp3) is 0.333. The maximum Gasteiger partial charge on any atom is 0.341 e. The number of ether oxygens (including phenoxy) is 2. The summed E-state index contributed by atoms with van der Waals surface area (Å²) in [5, 5.41) is 3.64. The molecule has 0 unspecified atom stereocenters. The van der Waals surface area contributed by atoms with Crippen LogP contribution in [0.2, 0.25) is 0 Å². The first kappa shape index (κ1) is 14.6. The number of hydrogen-bond donors (Lipinski definition) is 0. The van der Waals surface area contributed by atoms with Gasteiger partial charge in [0.05, 0.1) is 26.0 Å². The van der Waals surface area contributed by atoms with Gasteiger partial charge in [-0.25, -0.2) is 9.78 Å². The zero-order valence-electron chi connectivity index (χ0n) is 11.2. The summed E-state index contributed by atoms with van der Waals surface area (Å²) in [6, 6.07) is 0. The Balaban J connectivity index is 3.29. The summed E-state index contributed by atoms with van der Waals surface area (Å²) in [5.74, 6) is 0.0608. The maximum absolute atomic E-state index is 11.7. The Hall–Kier alpha value is -2.44. The number of aryl methyl sites for hydroxylation is 1. The summed E-state index contributed by atoms with van der Waals surface area (Å²) < 4.78 is 9.53. The smallest absolute Gasteiger partial charge is 0.341 e. The lowest BCUT2D eigenvalue weighted by Gasteiger charge is -2.08. The summed E-state index contributed by atoms with van der Waals surface area (Å²) in [5.41, 5.74) is 0.483. The normalized spacial score (nSPS) is 11.5. The molecule has 0 spiro atoms. The predicted molar refractivity (Wildman–Crippen MR) is 68.6 cm³/mol. The molecule has 0 fully saturated rings. The standard InChI is InChI=1S/C12H15N3O4/c1-5-14-19-11-9(6-13-8(2)15-11)10(7-17-3)12(16)18-4/h5-7H,1-4H3/b10-7+,14-5?. The van der Waals surface area contributed by atoms with E-state index in [0.29, 0.717) is 11.4 Å². The van der Waals surface area contributed by atoms with Crippen molar-refractivity contribution in [1.82, 2.24) is 9.97 Å². The summed E-state index contributed by atoms with van der Waals surface area (Å²) in [7, 11) is 2.69. The van der Waals surface area contributed by atoms with Crippen LogP contribution in [0.15, 0.2) is 17.6 Å². The second-order valence-corrected chi connectivity index (χ2v) is 3.35. The minimum Gasteiger partial charge on any atom is -0.503 e. The highest BCUT2D eigenvalue weighted by Crippen LogP contribution is 2.24. The molecule has 19 heavy (non-hydrogen) atoms. The lowest BCUT2D eigenvalue weighted by Crippen LogP contribution is -2.08. The first-order valence-electron chi connectivity index (χ1n) is 5.44. The van der Waals surface area contributed by atoms with Crippen LogP contribution in [0.5, 0.6) is 5.88 Å². The molecular weight excluding hydrogens is 250 g/mol. The monoisotopic (exact) mass is 265 g/mol. The van der Waals surface area contributed by atoms with E-state index in [0.717, 1.165) is 0 Å². The summed E-state index contributed by atoms with van der Waals surface area (Å²) >= 11 is 0. The Morgan fingerprint density at radius 3 is 2.74 bits per heavy atom. The van der Waals surface area contributed by atoms with E-state index >= 15 is 0 Å². The van der Waals surface area contributed by atoms with Gasteiger partial charge in [0.2, 0.25) is 0 Å². The molecule has 0 aliphatic rings. The molecule has 1 heterocycles. The fourth-order valence-corrected chi connectivity index (χ4v) is 1.26. The van der Waals surface area contributed by atoms with E-state index in [2.05, 4.69) is 19.9 Å². The zero-order valence-corrected chi connectivity index (χ0v) is 11.2. The molecule has 0 aliphatic heterocycles. The number of carbonyl (C=O) groups excluding carboxylic acids is 1. The number of esters is 1. The quantitative estimate of drug-likeness (QED) is 0.262. The van der Waals surface area contributed by atoms with Crippen molar-refractivity contribution in [2.24, 2.45) is 5.16 Å². The van der Waals surface area contributed by atoms with Crippen molar-refractivity contribution >= 4 is 17.8 Å². The minimum atomic E-state index is -0.584. The van der Waals surface area contributed by atoms with Crippen molar-refractivity contribution in [2.45, 2.75) is 13.8 Å². The van der Waals surface area contributed by atoms with Gasteiger partial charge >= 0.3 is 5.97 Å². The molecule has 102 valence electrons. The number of oxime groups is 1. The largest absolute Gasteiger partial charge is 0.503 e. The molecule has 0 saturated carbocycles. The number of aromatic nitrogens is 2. The highest BCUT2D eigenvalue weighted by atomic mass is 16.6. The van der Waals surface area contributed by atoms with E-state index in [1.54, 1.807) is 13.8 Å². The molecule has 0 amide bonds. The molecule has 0 atom stereocenters. The maximum atomic E-state index is 11.7. The van der Waals surface area contributed by atoms with Gasteiger partial charge in [-0.05, 0) is 13.8 Å². The van der Waals surface area contributed by atoms with Crippen LogP contribution < -0.4 is 4.84 Å². The molecule has 1 aromatic heterocycles. The van der Waals surface area contributed by atoms with Gasteiger partial charge < -0.3 is 14.3 Å². The minimum absolute atomic E-state index is 0.145. The van der Waals surface area contributed by atoms with Crippen molar-refractivity contribution in [2.75, 3.05) is 14.2 Å². The number of methoxy groups -OCH3 is 2. The SMILES string of the molecule is CC=NOc1nc(C)ncc1/C(=C\OC)C(=O)OC. The van der Waals surface area contributed by atoms with Crippen LogP contribution in [0, 0.1) is 6.92 Å². The molecule has 7 heteroatoms. The Bertz CT molecular complexity index is 512. The summed E-state index contributed by atoms with van der Waals surface area (Å²) in [6.07, 6.45) is 4.14. The molecule has 0 saturated heterocycles. The Labute approximate surface area is 110 Å². The number of rotatable bonds is 5. The van der Waals surface area contributed by atoms with Crippen molar-refractivity contribution in [3.05, 3.63) is 23.8 Å². The third-order valence-electron chi connectivity index (χ3n) is 2.05. The molecule has 0 aliphatic carbocycles. The van der Waals surface area contributed by atoms with Gasteiger partial charge in [-0.1, -0.05) is 5.16 Å². The first-order valence-corrected chi connectivity index (χ1v) is 5.44. The molecule has 0 N–H and O–H groups in total. The van der Waals surface area contributed by atoms with E-state index in [4.69, 9.17) is 9.57 Å². The van der Waals surface area contributed by atoms with E-state index in [1.807, 2.05) is 0 Å². The zero-order chi connectivity index (χ0) is 14.3. The van der Waals surface area contributed by atoms with Gasteiger partial charge in [-0.15, -0.1) is 0 Å². The lowest BCUT2D eigenvalue weighted by atomic mass is 10.1. The second-order valence-electron chi connectivity index (χ2n) is 3.35. The Kier molecular flexibility index (Phi) is 5.46. The predicted octanol–water partition coefficient (Wildman–Crippen LogP) is 1.33. The van der Waals surface area contributed by atoms with Gasteiger partial charge in [0.25, 0.3) is 5.88 Å². The first-order chi connectivity index (χ1) is 9.13. The van der Waals surface area contributed by atoms with Gasteiger partial charge in [-0.3, -0.25) is 0 Å². The Morgan fingerprint density at radius 2 is 2.16 bits per heavy atom. The third kappa shape index (κ3) is 3.77. The Morgan fingerprint density at radius 1 is 1.42 bits per heavy atom. The van der Waals surface area contributed by atoms with Crippen LogP contribution in [0.4, 0.5) is 0 Å². The number of carbonyl (C=O) groups is 1. The number of nitrogens with zero attached hydrogens (tertiary/aromatic N) is 3. The van der Waals surface area contributed by atoms with Crippen LogP contribution in [-0.4, -0.2) is 36.4 Å². The van der Waals surface area contributed by atoms with E-state index in [9.17, 15) is 4.79 Å². The van der Waals surface area contributed by atoms with Gasteiger partial charge in [0.1, 0.15) is 11.4 Å². The van der Waals surface area contributed by atoms with Crippen molar-refractivity contribution in [3.63, 3.8) is 0 Å². The molecule has 1 aromatic rings. The van der Waals surface area contributed by atoms with Crippen molar-refractivity contribution in [1.29, 1.82) is 0 Å². The van der Waals surface area contributed by atoms with Gasteiger partial charge in [-0.2, -0.15) is 4.98 Å². The lowest BCUT2D eigenvalue weighted by molar-refractivity contribution is -0.133. The second kappa shape index (κ2) is 7.10. The summed E-state index contributed by atoms with van der Waals surface area (Å²) in [4.78, 5) is 24.9. The highest BCUT2D eigenvalue weighted by molar-refractivity contribution is 6.16. The van der Waals surface area contributed by atoms with Crippen molar-refractivity contribution in [3.8, 4) is 5.88 Å². The van der Waals surface area contributed by atoms with E-state index in [-0.39, 0.29) is 11.5 Å². The van der Waals surface area contributed by atoms with Gasteiger partial charge in [0.15, 0.2) is 0 Å². The average Bonchev–Trinajstić information content (AvgIpc) is 2.42. The molecule has 7 nitrogen and oxygen atoms in total. The van der Waals surface area contributed by atoms with E-state index < -0.39 is 5.97 Å². The van der Waals surface area contributed by atoms with Crippen LogP contribution in [-0.2, 0) is 14.3 Å². The summed E-state index contributed by atoms with van der Waals surface area (Å²) in [6.45, 7) is 3.39. The fourth-order valence-electron chi connectivity index (χ4n) is 1.26. The van der Waals surface area contributed by atoms with Crippen molar-refractivity contribution < 1.29 is 19.1 Å². The third-order valence-corrected chi connectivity index (χ3v) is 2.05. The van der Waals surface area contributed by atoms with Crippen LogP contribution in [0.3, 0.4) is 0 Å². The highest BCUT2D eigenvalue weighted by Gasteiger charge is 2.20. The van der Waals surface area contributed by atoms with E-state index in [1.165, 1.54) is 32.9 Å². The van der Waals surface area contributed by atoms with Crippen LogP contribution in [0.1, 0.15) is 18.3 Å². The van der Waals surface area contributed by atoms with Crippen LogP contribution in [0.25, 0.3) is 5.57 Å². The number of hydrogen-bond acceptors (Lipinski definition) is 7. The van der Waals surface area contributed by atoms with Crippen LogP contribution >= 0.6 is 0 Å². The average molecular weight is 265 g/mol. The molecule has 0 bridgehead atoms. The topological polar surface area (TPSA) is 82.9 Å². The molecule has 1 rings (SSSR count). The molecular formula is C12H15N3O4. The molecule has 0 radical (unpaired) electrons.